The molecule has 0 saturated carbocycles. The van der Waals surface area contributed by atoms with Gasteiger partial charge in [0.05, 0.1) is 24.3 Å². The van der Waals surface area contributed by atoms with Crippen LogP contribution in [0.15, 0.2) is 42.5 Å². The maximum Gasteiger partial charge on any atom is 0.336 e. The third-order valence-electron chi connectivity index (χ3n) is 4.22. The summed E-state index contributed by atoms with van der Waals surface area (Å²) in [6, 6.07) is 11.9. The molecule has 0 spiro atoms. The first kappa shape index (κ1) is 17.8. The van der Waals surface area contributed by atoms with Crippen LogP contribution in [0.3, 0.4) is 0 Å². The smallest absolute Gasteiger partial charge is 0.336 e. The van der Waals surface area contributed by atoms with Gasteiger partial charge < -0.3 is 19.7 Å². The summed E-state index contributed by atoms with van der Waals surface area (Å²) in [4.78, 5) is 22.4. The second-order valence-corrected chi connectivity index (χ2v) is 6.02. The molecular weight excluding hydrogens is 336 g/mol. The molecule has 0 radical (unpaired) electrons. The van der Waals surface area contributed by atoms with E-state index >= 15 is 0 Å². The third-order valence-corrected chi connectivity index (χ3v) is 4.22. The number of ether oxygens (including phenoxy) is 2. The number of hydrogen-bond acceptors (Lipinski definition) is 4. The fourth-order valence-corrected chi connectivity index (χ4v) is 2.83. The summed E-state index contributed by atoms with van der Waals surface area (Å²) in [5.74, 6) is -3.30. The maximum absolute atomic E-state index is 11.3. The molecule has 0 bridgehead atoms. The minimum absolute atomic E-state index is 0.236. The standard InChI is InChI=1S/C20H18O6/c1-20(25-9-10-26-20)15-4-2-3-13(11-15)5-6-14-7-8-16(18(21)22)17(12-14)19(23)24/h2-8,11-12H,9-10H2,1H3,(H,21,22)(H,23,24)/b6-5+. The zero-order valence-electron chi connectivity index (χ0n) is 14.1. The van der Waals surface area contributed by atoms with Gasteiger partial charge in [-0.2, -0.15) is 0 Å². The van der Waals surface area contributed by atoms with Crippen LogP contribution in [0.5, 0.6) is 0 Å². The van der Waals surface area contributed by atoms with Crippen LogP contribution < -0.4 is 0 Å². The van der Waals surface area contributed by atoms with Crippen LogP contribution in [0.1, 0.15) is 44.3 Å². The van der Waals surface area contributed by atoms with Gasteiger partial charge in [-0.15, -0.1) is 0 Å². The summed E-state index contributed by atoms with van der Waals surface area (Å²) in [7, 11) is 0. The zero-order chi connectivity index (χ0) is 18.7. The topological polar surface area (TPSA) is 93.1 Å². The Bertz CT molecular complexity index is 878. The molecule has 2 aromatic rings. The molecule has 6 heteroatoms. The van der Waals surface area contributed by atoms with E-state index in [9.17, 15) is 14.7 Å². The van der Waals surface area contributed by atoms with Gasteiger partial charge in [-0.05, 0) is 36.2 Å². The molecule has 3 rings (SSSR count). The second-order valence-electron chi connectivity index (χ2n) is 6.02. The maximum atomic E-state index is 11.3. The largest absolute Gasteiger partial charge is 0.478 e. The molecule has 2 N–H and O–H groups in total. The molecule has 6 nitrogen and oxygen atoms in total. The van der Waals surface area contributed by atoms with Crippen LogP contribution >= 0.6 is 0 Å². The van der Waals surface area contributed by atoms with Gasteiger partial charge in [0, 0.05) is 5.56 Å². The fourth-order valence-electron chi connectivity index (χ4n) is 2.83. The Balaban J connectivity index is 1.87. The number of hydrogen-bond donors (Lipinski definition) is 2. The summed E-state index contributed by atoms with van der Waals surface area (Å²) in [6.45, 7) is 2.96. The van der Waals surface area contributed by atoms with Crippen molar-refractivity contribution in [1.29, 1.82) is 0 Å². The number of benzene rings is 2. The Morgan fingerprint density at radius 3 is 2.15 bits per heavy atom. The lowest BCUT2D eigenvalue weighted by molar-refractivity contribution is -0.149. The number of carboxylic acids is 2. The summed E-state index contributed by atoms with van der Waals surface area (Å²) >= 11 is 0. The fraction of sp³-hybridized carbons (Fsp3) is 0.200. The van der Waals surface area contributed by atoms with E-state index < -0.39 is 17.7 Å². The van der Waals surface area contributed by atoms with Gasteiger partial charge in [0.25, 0.3) is 0 Å². The van der Waals surface area contributed by atoms with Crippen LogP contribution in [-0.2, 0) is 15.3 Å². The van der Waals surface area contributed by atoms with Gasteiger partial charge in [0.2, 0.25) is 0 Å². The van der Waals surface area contributed by atoms with Crippen molar-refractivity contribution in [2.75, 3.05) is 13.2 Å². The third kappa shape index (κ3) is 3.66. The highest BCUT2D eigenvalue weighted by atomic mass is 16.7. The van der Waals surface area contributed by atoms with E-state index in [1.54, 1.807) is 12.1 Å². The van der Waals surface area contributed by atoms with Gasteiger partial charge in [-0.1, -0.05) is 36.4 Å². The Morgan fingerprint density at radius 1 is 0.923 bits per heavy atom. The average Bonchev–Trinajstić information content (AvgIpc) is 3.08. The number of aromatic carboxylic acids is 2. The van der Waals surface area contributed by atoms with E-state index in [2.05, 4.69) is 0 Å². The van der Waals surface area contributed by atoms with Gasteiger partial charge in [-0.3, -0.25) is 0 Å². The van der Waals surface area contributed by atoms with Crippen LogP contribution in [-0.4, -0.2) is 35.4 Å². The monoisotopic (exact) mass is 354 g/mol. The summed E-state index contributed by atoms with van der Waals surface area (Å²) in [6.07, 6.45) is 3.55. The summed E-state index contributed by atoms with van der Waals surface area (Å²) in [5, 5.41) is 18.3. The molecule has 2 aromatic carbocycles. The van der Waals surface area contributed by atoms with E-state index in [0.717, 1.165) is 11.1 Å². The van der Waals surface area contributed by atoms with E-state index in [1.807, 2.05) is 37.3 Å². The molecule has 1 saturated heterocycles. The van der Waals surface area contributed by atoms with Crippen molar-refractivity contribution >= 4 is 24.1 Å². The van der Waals surface area contributed by atoms with Gasteiger partial charge in [0.15, 0.2) is 5.79 Å². The van der Waals surface area contributed by atoms with Crippen LogP contribution in [0.4, 0.5) is 0 Å². The van der Waals surface area contributed by atoms with Crippen LogP contribution in [0.25, 0.3) is 12.2 Å². The molecule has 26 heavy (non-hydrogen) atoms. The van der Waals surface area contributed by atoms with E-state index in [-0.39, 0.29) is 11.1 Å². The Morgan fingerprint density at radius 2 is 1.54 bits per heavy atom. The molecule has 0 aliphatic carbocycles. The highest BCUT2D eigenvalue weighted by Crippen LogP contribution is 2.31. The molecule has 0 atom stereocenters. The first-order valence-corrected chi connectivity index (χ1v) is 8.06. The first-order valence-electron chi connectivity index (χ1n) is 8.06. The van der Waals surface area contributed by atoms with Gasteiger partial charge in [0.1, 0.15) is 0 Å². The SMILES string of the molecule is CC1(c2cccc(/C=C/c3ccc(C(=O)O)c(C(=O)O)c3)c2)OCCO1. The second kappa shape index (κ2) is 7.11. The Labute approximate surface area is 150 Å². The van der Waals surface area contributed by atoms with E-state index in [0.29, 0.717) is 18.8 Å². The molecule has 134 valence electrons. The van der Waals surface area contributed by atoms with Crippen LogP contribution in [0.2, 0.25) is 0 Å². The normalized spacial score (nSPS) is 16.0. The average molecular weight is 354 g/mol. The minimum Gasteiger partial charge on any atom is -0.478 e. The quantitative estimate of drug-likeness (QED) is 0.799. The molecule has 1 aliphatic rings. The molecular formula is C20H18O6. The predicted molar refractivity (Wildman–Crippen MR) is 95.0 cm³/mol. The molecule has 0 aromatic heterocycles. The Kier molecular flexibility index (Phi) is 4.88. The first-order chi connectivity index (χ1) is 12.4. The number of rotatable bonds is 5. The van der Waals surface area contributed by atoms with Crippen molar-refractivity contribution in [3.05, 3.63) is 70.3 Å². The lowest BCUT2D eigenvalue weighted by atomic mass is 10.0. The Hall–Kier alpha value is -2.96. The molecule has 1 aliphatic heterocycles. The van der Waals surface area contributed by atoms with Crippen molar-refractivity contribution in [1.82, 2.24) is 0 Å². The van der Waals surface area contributed by atoms with Crippen molar-refractivity contribution in [3.8, 4) is 0 Å². The van der Waals surface area contributed by atoms with Gasteiger partial charge >= 0.3 is 11.9 Å². The van der Waals surface area contributed by atoms with E-state index in [4.69, 9.17) is 14.6 Å². The van der Waals surface area contributed by atoms with Crippen molar-refractivity contribution in [2.45, 2.75) is 12.7 Å². The lowest BCUT2D eigenvalue weighted by Gasteiger charge is -2.22. The van der Waals surface area contributed by atoms with Crippen LogP contribution in [0, 0.1) is 0 Å². The zero-order valence-corrected chi connectivity index (χ0v) is 14.1. The summed E-state index contributed by atoms with van der Waals surface area (Å²) < 4.78 is 11.3. The highest BCUT2D eigenvalue weighted by molar-refractivity contribution is 6.02. The predicted octanol–water partition coefficient (Wildman–Crippen LogP) is 3.47. The number of carbonyl (C=O) groups is 2. The van der Waals surface area contributed by atoms with Crippen molar-refractivity contribution < 1.29 is 29.3 Å². The highest BCUT2D eigenvalue weighted by Gasteiger charge is 2.32. The molecule has 0 amide bonds. The lowest BCUT2D eigenvalue weighted by Crippen LogP contribution is -2.22. The number of carboxylic acid groups (broad SMARTS) is 2. The minimum atomic E-state index is -1.27. The molecule has 0 unspecified atom stereocenters. The van der Waals surface area contributed by atoms with Gasteiger partial charge in [-0.25, -0.2) is 9.59 Å². The summed E-state index contributed by atoms with van der Waals surface area (Å²) in [5.41, 5.74) is 1.90. The van der Waals surface area contributed by atoms with Crippen molar-refractivity contribution in [2.24, 2.45) is 0 Å². The van der Waals surface area contributed by atoms with Crippen molar-refractivity contribution in [3.63, 3.8) is 0 Å². The van der Waals surface area contributed by atoms with E-state index in [1.165, 1.54) is 12.1 Å². The molecule has 1 heterocycles. The molecule has 1 fully saturated rings.